The Morgan fingerprint density at radius 2 is 2.06 bits per heavy atom. The molecule has 1 heterocycles. The summed E-state index contributed by atoms with van der Waals surface area (Å²) in [6.07, 6.45) is 3.18. The average molecular weight is 220 g/mol. The molecule has 0 bridgehead atoms. The van der Waals surface area contributed by atoms with Gasteiger partial charge >= 0.3 is 0 Å². The average Bonchev–Trinajstić information content (AvgIpc) is 3.07. The predicted molar refractivity (Wildman–Crippen MR) is 65.0 cm³/mol. The van der Waals surface area contributed by atoms with E-state index >= 15 is 0 Å². The van der Waals surface area contributed by atoms with Gasteiger partial charge in [0.25, 0.3) is 0 Å². The molecular formula is C14H20O2. The zero-order chi connectivity index (χ0) is 11.5. The van der Waals surface area contributed by atoms with Crippen LogP contribution < -0.4 is 4.74 Å². The molecule has 0 amide bonds. The van der Waals surface area contributed by atoms with E-state index in [0.717, 1.165) is 18.6 Å². The zero-order valence-electron chi connectivity index (χ0n) is 10.3. The van der Waals surface area contributed by atoms with E-state index in [4.69, 9.17) is 9.47 Å². The van der Waals surface area contributed by atoms with E-state index in [9.17, 15) is 0 Å². The maximum absolute atomic E-state index is 5.59. The highest BCUT2D eigenvalue weighted by Gasteiger charge is 2.38. The van der Waals surface area contributed by atoms with Crippen molar-refractivity contribution in [3.05, 3.63) is 29.8 Å². The first-order valence-electron chi connectivity index (χ1n) is 6.04. The van der Waals surface area contributed by atoms with Crippen molar-refractivity contribution in [1.29, 1.82) is 0 Å². The van der Waals surface area contributed by atoms with Gasteiger partial charge in [0.05, 0.1) is 19.3 Å². The van der Waals surface area contributed by atoms with Gasteiger partial charge in [-0.2, -0.15) is 0 Å². The fraction of sp³-hybridized carbons (Fsp3) is 0.571. The molecule has 3 unspecified atom stereocenters. The first-order chi connectivity index (χ1) is 7.76. The molecular weight excluding hydrogens is 200 g/mol. The minimum absolute atomic E-state index is 0.463. The van der Waals surface area contributed by atoms with Crippen LogP contribution in [0.5, 0.6) is 5.75 Å². The molecule has 2 rings (SSSR count). The van der Waals surface area contributed by atoms with Crippen LogP contribution in [0.2, 0.25) is 0 Å². The molecule has 88 valence electrons. The molecule has 2 heteroatoms. The van der Waals surface area contributed by atoms with Crippen molar-refractivity contribution < 1.29 is 9.47 Å². The summed E-state index contributed by atoms with van der Waals surface area (Å²) in [6.45, 7) is 4.42. The molecule has 1 aliphatic rings. The van der Waals surface area contributed by atoms with Crippen LogP contribution in [0.1, 0.15) is 38.2 Å². The molecule has 0 spiro atoms. The molecule has 0 saturated carbocycles. The van der Waals surface area contributed by atoms with Gasteiger partial charge in [0.2, 0.25) is 0 Å². The molecule has 16 heavy (non-hydrogen) atoms. The topological polar surface area (TPSA) is 21.8 Å². The molecule has 0 aromatic heterocycles. The number of benzene rings is 1. The normalized spacial score (nSPS) is 25.2. The highest BCUT2D eigenvalue weighted by atomic mass is 16.6. The third kappa shape index (κ3) is 2.38. The molecule has 3 atom stereocenters. The van der Waals surface area contributed by atoms with E-state index < -0.39 is 0 Å². The Morgan fingerprint density at radius 1 is 1.31 bits per heavy atom. The van der Waals surface area contributed by atoms with Crippen LogP contribution in [0.3, 0.4) is 0 Å². The van der Waals surface area contributed by atoms with Crippen molar-refractivity contribution in [1.82, 2.24) is 0 Å². The van der Waals surface area contributed by atoms with E-state index in [2.05, 4.69) is 26.0 Å². The predicted octanol–water partition coefficient (Wildman–Crippen LogP) is 3.37. The van der Waals surface area contributed by atoms with Gasteiger partial charge < -0.3 is 9.47 Å². The second-order valence-electron chi connectivity index (χ2n) is 4.50. The number of epoxide rings is 1. The number of ether oxygens (including phenoxy) is 2. The zero-order valence-corrected chi connectivity index (χ0v) is 10.3. The Labute approximate surface area is 97.6 Å². The highest BCUT2D eigenvalue weighted by Crippen LogP contribution is 2.36. The van der Waals surface area contributed by atoms with Crippen molar-refractivity contribution in [2.24, 2.45) is 0 Å². The first kappa shape index (κ1) is 11.5. The number of hydrogen-bond donors (Lipinski definition) is 0. The van der Waals surface area contributed by atoms with E-state index in [1.54, 1.807) is 7.11 Å². The summed E-state index contributed by atoms with van der Waals surface area (Å²) >= 11 is 0. The molecule has 2 nitrogen and oxygen atoms in total. The van der Waals surface area contributed by atoms with Crippen molar-refractivity contribution in [3.8, 4) is 5.75 Å². The van der Waals surface area contributed by atoms with E-state index in [1.807, 2.05) is 12.1 Å². The second kappa shape index (κ2) is 4.88. The van der Waals surface area contributed by atoms with Gasteiger partial charge in [-0.05, 0) is 30.4 Å². The van der Waals surface area contributed by atoms with Crippen molar-refractivity contribution >= 4 is 0 Å². The van der Waals surface area contributed by atoms with Crippen LogP contribution in [-0.4, -0.2) is 19.3 Å². The Hall–Kier alpha value is -1.02. The molecule has 1 saturated heterocycles. The molecule has 0 N–H and O–H groups in total. The monoisotopic (exact) mass is 220 g/mol. The summed E-state index contributed by atoms with van der Waals surface area (Å²) in [4.78, 5) is 0. The summed E-state index contributed by atoms with van der Waals surface area (Å²) in [5, 5.41) is 0. The largest absolute Gasteiger partial charge is 0.496 e. The van der Waals surface area contributed by atoms with Gasteiger partial charge in [-0.25, -0.2) is 0 Å². The standard InChI is InChI=1S/C14H20O2/c1-4-12-14(16-12)9-10(2)11-7-5-6-8-13(11)15-3/h5-8,10,12,14H,4,9H2,1-3H3. The number of hydrogen-bond acceptors (Lipinski definition) is 2. The Bertz CT molecular complexity index is 348. The van der Waals surface area contributed by atoms with Crippen LogP contribution in [0.15, 0.2) is 24.3 Å². The number of rotatable bonds is 5. The van der Waals surface area contributed by atoms with Gasteiger partial charge in [-0.15, -0.1) is 0 Å². The Balaban J connectivity index is 2.00. The van der Waals surface area contributed by atoms with Gasteiger partial charge in [-0.3, -0.25) is 0 Å². The van der Waals surface area contributed by atoms with E-state index in [1.165, 1.54) is 5.56 Å². The quantitative estimate of drug-likeness (QED) is 0.710. The lowest BCUT2D eigenvalue weighted by Gasteiger charge is -2.14. The maximum atomic E-state index is 5.59. The summed E-state index contributed by atoms with van der Waals surface area (Å²) < 4.78 is 11.0. The van der Waals surface area contributed by atoms with Crippen LogP contribution in [0.4, 0.5) is 0 Å². The van der Waals surface area contributed by atoms with Crippen LogP contribution in [0, 0.1) is 0 Å². The summed E-state index contributed by atoms with van der Waals surface area (Å²) in [7, 11) is 1.73. The van der Waals surface area contributed by atoms with E-state index in [0.29, 0.717) is 18.1 Å². The lowest BCUT2D eigenvalue weighted by Crippen LogP contribution is -2.02. The third-order valence-electron chi connectivity index (χ3n) is 3.35. The fourth-order valence-electron chi connectivity index (χ4n) is 2.29. The molecule has 1 fully saturated rings. The maximum Gasteiger partial charge on any atom is 0.122 e. The Kier molecular flexibility index (Phi) is 3.49. The van der Waals surface area contributed by atoms with Crippen LogP contribution >= 0.6 is 0 Å². The highest BCUT2D eigenvalue weighted by molar-refractivity contribution is 5.36. The van der Waals surface area contributed by atoms with Crippen LogP contribution in [0.25, 0.3) is 0 Å². The van der Waals surface area contributed by atoms with Crippen LogP contribution in [-0.2, 0) is 4.74 Å². The number of methoxy groups -OCH3 is 1. The number of para-hydroxylation sites is 1. The molecule has 1 aromatic rings. The SMILES string of the molecule is CCC1OC1CC(C)c1ccccc1OC. The van der Waals surface area contributed by atoms with Crippen molar-refractivity contribution in [3.63, 3.8) is 0 Å². The smallest absolute Gasteiger partial charge is 0.122 e. The fourth-order valence-corrected chi connectivity index (χ4v) is 2.29. The summed E-state index contributed by atoms with van der Waals surface area (Å²) in [6, 6.07) is 8.25. The van der Waals surface area contributed by atoms with E-state index in [-0.39, 0.29) is 0 Å². The minimum atomic E-state index is 0.463. The minimum Gasteiger partial charge on any atom is -0.496 e. The Morgan fingerprint density at radius 3 is 2.69 bits per heavy atom. The van der Waals surface area contributed by atoms with Gasteiger partial charge in [0.15, 0.2) is 0 Å². The van der Waals surface area contributed by atoms with Crippen molar-refractivity contribution in [2.45, 2.75) is 44.8 Å². The first-order valence-corrected chi connectivity index (χ1v) is 6.04. The summed E-state index contributed by atoms with van der Waals surface area (Å²) in [5.41, 5.74) is 1.29. The molecule has 0 aliphatic carbocycles. The molecule has 1 aromatic carbocycles. The third-order valence-corrected chi connectivity index (χ3v) is 3.35. The van der Waals surface area contributed by atoms with Crippen molar-refractivity contribution in [2.75, 3.05) is 7.11 Å². The summed E-state index contributed by atoms with van der Waals surface area (Å²) in [5.74, 6) is 1.49. The molecule has 1 aliphatic heterocycles. The molecule has 0 radical (unpaired) electrons. The van der Waals surface area contributed by atoms with Gasteiger partial charge in [0, 0.05) is 0 Å². The second-order valence-corrected chi connectivity index (χ2v) is 4.50. The lowest BCUT2D eigenvalue weighted by atomic mass is 9.94. The lowest BCUT2D eigenvalue weighted by molar-refractivity contribution is 0.350. The van der Waals surface area contributed by atoms with Gasteiger partial charge in [-0.1, -0.05) is 32.0 Å². The van der Waals surface area contributed by atoms with Gasteiger partial charge in [0.1, 0.15) is 5.75 Å².